The van der Waals surface area contributed by atoms with E-state index in [1.165, 1.54) is 56.7 Å². The molecule has 0 amide bonds. The molecule has 1 aliphatic carbocycles. The summed E-state index contributed by atoms with van der Waals surface area (Å²) in [5.74, 6) is 0. The molecule has 31 heavy (non-hydrogen) atoms. The van der Waals surface area contributed by atoms with Crippen LogP contribution in [0.25, 0.3) is 0 Å². The summed E-state index contributed by atoms with van der Waals surface area (Å²) >= 11 is 0. The standard InChI is InChI=1S/C14H23P.C8H14.F6P.Rh/c1-12(2)15(13(3)4)11-10-14-8-6-5-7-9-14;1-2-4-6-8-7-5-3-1;1-7(2,3,4,5)6;/h5-9,12-13H,10-11H2,1-4H3;1-2H,3-8H2;;/q;;-1;/p+1/b;2-1-;;. The van der Waals surface area contributed by atoms with Crippen LogP contribution in [0.15, 0.2) is 42.5 Å². The van der Waals surface area contributed by atoms with E-state index < -0.39 is 7.81 Å². The van der Waals surface area contributed by atoms with Crippen LogP contribution in [0.2, 0.25) is 0 Å². The van der Waals surface area contributed by atoms with Crippen LogP contribution >= 0.6 is 15.7 Å². The van der Waals surface area contributed by atoms with Crippen LogP contribution in [0, 0.1) is 0 Å². The molecule has 1 aromatic carbocycles. The minimum Gasteiger partial charge on any atom is 0 e. The third kappa shape index (κ3) is 28.0. The fourth-order valence-electron chi connectivity index (χ4n) is 3.29. The number of halogens is 6. The molecule has 0 aliphatic heterocycles. The minimum atomic E-state index is -10.7. The molecule has 0 heterocycles. The zero-order chi connectivity index (χ0) is 23.3. The van der Waals surface area contributed by atoms with Crippen LogP contribution in [0.1, 0.15) is 71.8 Å². The molecule has 0 fully saturated rings. The van der Waals surface area contributed by atoms with Gasteiger partial charge in [0, 0.05) is 33.8 Å². The van der Waals surface area contributed by atoms with Gasteiger partial charge in [0.15, 0.2) is 0 Å². The Hall–Kier alpha value is 0.0234. The fraction of sp³-hybridized carbons (Fsp3) is 0.636. The molecular weight excluding hydrogens is 543 g/mol. The number of allylic oxidation sites excluding steroid dienone is 2. The first-order valence-electron chi connectivity index (χ1n) is 10.7. The van der Waals surface area contributed by atoms with Gasteiger partial charge in [-0.15, -0.1) is 0 Å². The number of benzene rings is 1. The average molecular weight is 581 g/mol. The molecule has 0 nitrogen and oxygen atoms in total. The Morgan fingerprint density at radius 3 is 1.48 bits per heavy atom. The van der Waals surface area contributed by atoms with Crippen molar-refractivity contribution in [2.75, 3.05) is 6.16 Å². The predicted octanol–water partition coefficient (Wildman–Crippen LogP) is 10.5. The van der Waals surface area contributed by atoms with Crippen molar-refractivity contribution in [3.8, 4) is 0 Å². The van der Waals surface area contributed by atoms with Crippen molar-refractivity contribution in [2.24, 2.45) is 0 Å². The van der Waals surface area contributed by atoms with Crippen molar-refractivity contribution in [1.29, 1.82) is 0 Å². The van der Waals surface area contributed by atoms with Gasteiger partial charge in [-0.3, -0.25) is 0 Å². The fourth-order valence-corrected chi connectivity index (χ4v) is 6.36. The summed E-state index contributed by atoms with van der Waals surface area (Å²) in [7, 11) is -10.8. The summed E-state index contributed by atoms with van der Waals surface area (Å²) < 4.78 is 59.2. The maximum Gasteiger partial charge on any atom is 0 e. The van der Waals surface area contributed by atoms with E-state index in [1.807, 2.05) is 0 Å². The summed E-state index contributed by atoms with van der Waals surface area (Å²) in [5.41, 5.74) is 3.30. The van der Waals surface area contributed by atoms with Crippen LogP contribution in [-0.2, 0) is 25.9 Å². The Labute approximate surface area is 198 Å². The first kappa shape index (κ1) is 33.2. The largest absolute Gasteiger partial charge is 0 e. The predicted molar refractivity (Wildman–Crippen MR) is 124 cm³/mol. The van der Waals surface area contributed by atoms with Crippen LogP contribution in [0.5, 0.6) is 0 Å². The second-order valence-corrected chi connectivity index (χ2v) is 14.2. The normalized spacial score (nSPS) is 17.6. The van der Waals surface area contributed by atoms with Crippen molar-refractivity contribution in [3.05, 3.63) is 48.0 Å². The SMILES string of the molecule is C1=C\CCCCCC/1.CC(C)[PH+](CCc1ccccc1)C(C)C.F[P-](F)(F)(F)(F)F.[Rh]. The Balaban J connectivity index is 0. The van der Waals surface area contributed by atoms with Crippen molar-refractivity contribution in [1.82, 2.24) is 0 Å². The number of rotatable bonds is 5. The number of hydrogen-bond donors (Lipinski definition) is 0. The summed E-state index contributed by atoms with van der Waals surface area (Å²) in [6.07, 6.45) is 15.7. The van der Waals surface area contributed by atoms with Gasteiger partial charge in [0.05, 0.1) is 17.5 Å². The van der Waals surface area contributed by atoms with Gasteiger partial charge in [0.1, 0.15) is 0 Å². The van der Waals surface area contributed by atoms with Crippen molar-refractivity contribution in [3.63, 3.8) is 0 Å². The van der Waals surface area contributed by atoms with E-state index in [1.54, 1.807) is 0 Å². The molecule has 1 aliphatic rings. The Kier molecular flexibility index (Phi) is 15.3. The molecule has 1 radical (unpaired) electrons. The molecule has 0 spiro atoms. The Bertz CT molecular complexity index is 572. The maximum atomic E-state index is 9.87. The van der Waals surface area contributed by atoms with Crippen LogP contribution in [0.4, 0.5) is 25.2 Å². The van der Waals surface area contributed by atoms with Gasteiger partial charge >= 0.3 is 33.0 Å². The number of aryl methyl sites for hydroxylation is 1. The summed E-state index contributed by atoms with van der Waals surface area (Å²) in [4.78, 5) is 0. The molecular formula is C22H38F6P2Rh. The monoisotopic (exact) mass is 581 g/mol. The van der Waals surface area contributed by atoms with Crippen molar-refractivity contribution >= 4 is 15.7 Å². The number of hydrogen-bond acceptors (Lipinski definition) is 0. The van der Waals surface area contributed by atoms with E-state index >= 15 is 0 Å². The van der Waals surface area contributed by atoms with E-state index in [0.717, 1.165) is 11.3 Å². The van der Waals surface area contributed by atoms with E-state index in [4.69, 9.17) is 0 Å². The molecule has 1 aromatic rings. The summed E-state index contributed by atoms with van der Waals surface area (Å²) in [6, 6.07) is 10.9. The van der Waals surface area contributed by atoms with Gasteiger partial charge < -0.3 is 0 Å². The molecule has 0 atom stereocenters. The molecule has 0 saturated carbocycles. The van der Waals surface area contributed by atoms with Crippen molar-refractivity contribution < 1.29 is 44.7 Å². The van der Waals surface area contributed by atoms with E-state index in [-0.39, 0.29) is 27.4 Å². The smallest absolute Gasteiger partial charge is 0 e. The van der Waals surface area contributed by atoms with E-state index in [0.29, 0.717) is 0 Å². The van der Waals surface area contributed by atoms with E-state index in [2.05, 4.69) is 70.2 Å². The quantitative estimate of drug-likeness (QED) is 0.141. The maximum absolute atomic E-state index is 10.7. The molecule has 0 bridgehead atoms. The second-order valence-electron chi connectivity index (χ2n) is 8.29. The summed E-state index contributed by atoms with van der Waals surface area (Å²) in [5, 5.41) is 0. The van der Waals surface area contributed by atoms with Gasteiger partial charge in [-0.05, 0) is 58.9 Å². The zero-order valence-corrected chi connectivity index (χ0v) is 22.4. The molecule has 187 valence electrons. The van der Waals surface area contributed by atoms with Gasteiger partial charge in [-0.2, -0.15) is 0 Å². The minimum absolute atomic E-state index is 0. The first-order valence-corrected chi connectivity index (χ1v) is 14.6. The average Bonchev–Trinajstić information content (AvgIpc) is 2.52. The summed E-state index contributed by atoms with van der Waals surface area (Å²) in [6.45, 7) is 9.55. The second kappa shape index (κ2) is 14.3. The van der Waals surface area contributed by atoms with Gasteiger partial charge in [-0.25, -0.2) is 0 Å². The van der Waals surface area contributed by atoms with Gasteiger partial charge in [0.2, 0.25) is 0 Å². The Morgan fingerprint density at radius 1 is 0.742 bits per heavy atom. The zero-order valence-electron chi connectivity index (χ0n) is 18.9. The molecule has 0 N–H and O–H groups in total. The third-order valence-electron chi connectivity index (χ3n) is 4.69. The van der Waals surface area contributed by atoms with Gasteiger partial charge in [-0.1, -0.05) is 55.3 Å². The van der Waals surface area contributed by atoms with Crippen LogP contribution < -0.4 is 0 Å². The van der Waals surface area contributed by atoms with Crippen molar-refractivity contribution in [2.45, 2.75) is 84.0 Å². The molecule has 0 saturated heterocycles. The molecule has 0 unspecified atom stereocenters. The Morgan fingerprint density at radius 2 is 1.13 bits per heavy atom. The molecule has 2 rings (SSSR count). The third-order valence-corrected chi connectivity index (χ3v) is 8.48. The topological polar surface area (TPSA) is 0 Å². The van der Waals surface area contributed by atoms with Crippen LogP contribution in [0.3, 0.4) is 0 Å². The molecule has 0 aromatic heterocycles. The van der Waals surface area contributed by atoms with E-state index in [9.17, 15) is 25.2 Å². The first-order chi connectivity index (χ1) is 13.6. The van der Waals surface area contributed by atoms with Crippen LogP contribution in [-0.4, -0.2) is 17.5 Å². The molecule has 9 heteroatoms. The van der Waals surface area contributed by atoms with Gasteiger partial charge in [0.25, 0.3) is 0 Å².